The number of nitrogens with zero attached hydrogens (tertiary/aromatic N) is 2. The molecule has 0 spiro atoms. The number of rotatable bonds is 11. The molecule has 1 saturated heterocycles. The topological polar surface area (TPSA) is 103 Å². The van der Waals surface area contributed by atoms with Crippen LogP contribution in [0.25, 0.3) is 10.9 Å². The van der Waals surface area contributed by atoms with Gasteiger partial charge in [0.1, 0.15) is 30.2 Å². The van der Waals surface area contributed by atoms with E-state index in [-0.39, 0.29) is 36.3 Å². The summed E-state index contributed by atoms with van der Waals surface area (Å²) in [7, 11) is 0. The largest absolute Gasteiger partial charge is 0.493 e. The van der Waals surface area contributed by atoms with Crippen LogP contribution in [0.5, 0.6) is 11.9 Å². The van der Waals surface area contributed by atoms with Crippen molar-refractivity contribution in [3.63, 3.8) is 0 Å². The summed E-state index contributed by atoms with van der Waals surface area (Å²) in [6.45, 7) is 1.07. The van der Waals surface area contributed by atoms with Gasteiger partial charge < -0.3 is 29.2 Å². The van der Waals surface area contributed by atoms with Crippen LogP contribution in [0.4, 0.5) is 4.39 Å². The molecular weight excluding hydrogens is 551 g/mol. The van der Waals surface area contributed by atoms with Gasteiger partial charge in [-0.1, -0.05) is 91.0 Å². The van der Waals surface area contributed by atoms with Gasteiger partial charge in [-0.2, -0.15) is 9.97 Å². The zero-order valence-electron chi connectivity index (χ0n) is 23.3. The molecular formula is C34H31FN2O6. The van der Waals surface area contributed by atoms with Crippen LogP contribution in [0, 0.1) is 5.82 Å². The van der Waals surface area contributed by atoms with Gasteiger partial charge in [-0.25, -0.2) is 4.39 Å². The number of halogens is 1. The summed E-state index contributed by atoms with van der Waals surface area (Å²) in [5, 5.41) is 20.1. The first-order valence-corrected chi connectivity index (χ1v) is 14.0. The van der Waals surface area contributed by atoms with E-state index in [0.717, 1.165) is 22.8 Å². The molecule has 1 aliphatic heterocycles. The number of benzene rings is 4. The van der Waals surface area contributed by atoms with E-state index in [1.165, 1.54) is 6.07 Å². The molecule has 2 heterocycles. The fourth-order valence-corrected chi connectivity index (χ4v) is 5.25. The Labute approximate surface area is 248 Å². The standard InChI is InChI=1S/C34H31FN2O6/c35-27-16-26-28(36-34(39)37-33(26)38)17-25(27)30-32(42-20-24-14-8-3-9-15-24)31(41-19-23-12-6-2-7-13-23)29(43-30)21-40-18-22-10-4-1-5-11-22/h1-17,29-32H,18-21H2,(H2,36,37,38,39)/t29-,30?,31-,32+/m1/s1. The van der Waals surface area contributed by atoms with Crippen LogP contribution in [0.1, 0.15) is 28.4 Å². The van der Waals surface area contributed by atoms with Gasteiger partial charge >= 0.3 is 6.01 Å². The van der Waals surface area contributed by atoms with Crippen molar-refractivity contribution in [2.45, 2.75) is 44.2 Å². The molecule has 8 nitrogen and oxygen atoms in total. The molecule has 0 bridgehead atoms. The van der Waals surface area contributed by atoms with E-state index >= 15 is 4.39 Å². The molecule has 1 aromatic heterocycles. The molecule has 1 aliphatic rings. The predicted molar refractivity (Wildman–Crippen MR) is 157 cm³/mol. The van der Waals surface area contributed by atoms with Crippen molar-refractivity contribution in [3.8, 4) is 11.9 Å². The van der Waals surface area contributed by atoms with Crippen LogP contribution < -0.4 is 0 Å². The third kappa shape index (κ3) is 6.81. The van der Waals surface area contributed by atoms with E-state index in [2.05, 4.69) is 9.97 Å². The number of hydrogen-bond acceptors (Lipinski definition) is 8. The molecule has 4 aromatic carbocycles. The highest BCUT2D eigenvalue weighted by Crippen LogP contribution is 2.41. The zero-order chi connectivity index (χ0) is 29.6. The number of ether oxygens (including phenoxy) is 4. The van der Waals surface area contributed by atoms with Crippen molar-refractivity contribution in [1.82, 2.24) is 9.97 Å². The third-order valence-electron chi connectivity index (χ3n) is 7.36. The van der Waals surface area contributed by atoms with Gasteiger partial charge in [0.25, 0.3) is 0 Å². The minimum Gasteiger partial charge on any atom is -0.493 e. The van der Waals surface area contributed by atoms with E-state index in [1.807, 2.05) is 91.0 Å². The zero-order valence-corrected chi connectivity index (χ0v) is 23.3. The molecule has 1 fully saturated rings. The molecule has 4 atom stereocenters. The molecule has 9 heteroatoms. The molecule has 1 unspecified atom stereocenters. The number of hydrogen-bond donors (Lipinski definition) is 2. The Bertz CT molecular complexity index is 1640. The number of aromatic hydroxyl groups is 2. The third-order valence-corrected chi connectivity index (χ3v) is 7.36. The fourth-order valence-electron chi connectivity index (χ4n) is 5.25. The monoisotopic (exact) mass is 582 g/mol. The number of fused-ring (bicyclic) bond motifs is 1. The second-order valence-corrected chi connectivity index (χ2v) is 10.4. The Morgan fingerprint density at radius 3 is 1.86 bits per heavy atom. The lowest BCUT2D eigenvalue weighted by Gasteiger charge is -2.25. The van der Waals surface area contributed by atoms with Crippen molar-refractivity contribution in [2.75, 3.05) is 6.61 Å². The highest BCUT2D eigenvalue weighted by Gasteiger charge is 2.48. The van der Waals surface area contributed by atoms with Crippen LogP contribution in [0.15, 0.2) is 103 Å². The van der Waals surface area contributed by atoms with Crippen molar-refractivity contribution in [2.24, 2.45) is 0 Å². The van der Waals surface area contributed by atoms with Gasteiger partial charge in [0.05, 0.1) is 37.3 Å². The minimum absolute atomic E-state index is 0.0680. The van der Waals surface area contributed by atoms with E-state index in [9.17, 15) is 10.2 Å². The quantitative estimate of drug-likeness (QED) is 0.195. The molecule has 220 valence electrons. The summed E-state index contributed by atoms with van der Waals surface area (Å²) in [6, 6.07) is 31.2. The first-order valence-electron chi connectivity index (χ1n) is 14.0. The molecule has 6 rings (SSSR count). The summed E-state index contributed by atoms with van der Waals surface area (Å²) in [4.78, 5) is 7.52. The summed E-state index contributed by atoms with van der Waals surface area (Å²) in [5.41, 5.74) is 3.24. The van der Waals surface area contributed by atoms with Gasteiger partial charge in [0.2, 0.25) is 5.88 Å². The molecule has 0 radical (unpaired) electrons. The van der Waals surface area contributed by atoms with Gasteiger partial charge in [-0.05, 0) is 28.8 Å². The first kappa shape index (κ1) is 28.7. The SMILES string of the molecule is Oc1nc(O)c2cc(F)c(C3O[C@H](COCc4ccccc4)[C@@H](OCc4ccccc4)[C@H]3OCc3ccccc3)cc2n1. The van der Waals surface area contributed by atoms with Crippen molar-refractivity contribution in [3.05, 3.63) is 131 Å². The van der Waals surface area contributed by atoms with Crippen LogP contribution in [-0.4, -0.2) is 45.1 Å². The molecule has 0 saturated carbocycles. The summed E-state index contributed by atoms with van der Waals surface area (Å²) < 4.78 is 41.2. The smallest absolute Gasteiger partial charge is 0.317 e. The molecule has 43 heavy (non-hydrogen) atoms. The lowest BCUT2D eigenvalue weighted by atomic mass is 9.99. The molecule has 5 aromatic rings. The maximum absolute atomic E-state index is 15.7. The van der Waals surface area contributed by atoms with Crippen LogP contribution in [-0.2, 0) is 38.8 Å². The van der Waals surface area contributed by atoms with E-state index in [4.69, 9.17) is 18.9 Å². The van der Waals surface area contributed by atoms with Crippen molar-refractivity contribution < 1.29 is 33.6 Å². The normalized spacial score (nSPS) is 20.0. The summed E-state index contributed by atoms with van der Waals surface area (Å²) >= 11 is 0. The average Bonchev–Trinajstić information content (AvgIpc) is 3.37. The highest BCUT2D eigenvalue weighted by molar-refractivity contribution is 5.84. The molecule has 2 N–H and O–H groups in total. The van der Waals surface area contributed by atoms with E-state index in [1.54, 1.807) is 0 Å². The molecule has 0 amide bonds. The maximum atomic E-state index is 15.7. The Morgan fingerprint density at radius 2 is 1.26 bits per heavy atom. The number of aromatic nitrogens is 2. The highest BCUT2D eigenvalue weighted by atomic mass is 19.1. The Morgan fingerprint density at radius 1 is 0.698 bits per heavy atom. The van der Waals surface area contributed by atoms with Crippen molar-refractivity contribution in [1.29, 1.82) is 0 Å². The average molecular weight is 583 g/mol. The van der Waals surface area contributed by atoms with Crippen LogP contribution in [0.3, 0.4) is 0 Å². The molecule has 0 aliphatic carbocycles. The van der Waals surface area contributed by atoms with Gasteiger partial charge in [-0.15, -0.1) is 0 Å². The fraction of sp³-hybridized carbons (Fsp3) is 0.235. The van der Waals surface area contributed by atoms with Crippen LogP contribution in [0.2, 0.25) is 0 Å². The second-order valence-electron chi connectivity index (χ2n) is 10.4. The second kappa shape index (κ2) is 13.3. The Kier molecular flexibility index (Phi) is 8.85. The minimum atomic E-state index is -0.904. The Balaban J connectivity index is 1.33. The van der Waals surface area contributed by atoms with Gasteiger partial charge in [0, 0.05) is 5.56 Å². The van der Waals surface area contributed by atoms with E-state index < -0.39 is 42.1 Å². The lowest BCUT2D eigenvalue weighted by Crippen LogP contribution is -2.38. The summed E-state index contributed by atoms with van der Waals surface area (Å²) in [6.07, 6.45) is -2.85. The van der Waals surface area contributed by atoms with Crippen LogP contribution >= 0.6 is 0 Å². The summed E-state index contributed by atoms with van der Waals surface area (Å²) in [5.74, 6) is -1.16. The van der Waals surface area contributed by atoms with Crippen molar-refractivity contribution >= 4 is 10.9 Å². The predicted octanol–water partition coefficient (Wildman–Crippen LogP) is 6.01. The Hall–Kier alpha value is -4.41. The van der Waals surface area contributed by atoms with E-state index in [0.29, 0.717) is 6.61 Å². The van der Waals surface area contributed by atoms with Gasteiger partial charge in [-0.3, -0.25) is 0 Å². The first-order chi connectivity index (χ1) is 21.0. The maximum Gasteiger partial charge on any atom is 0.317 e. The lowest BCUT2D eigenvalue weighted by molar-refractivity contribution is -0.0898. The van der Waals surface area contributed by atoms with Gasteiger partial charge in [0.15, 0.2) is 0 Å².